The maximum absolute atomic E-state index is 11.5. The molecule has 0 amide bonds. The number of nitrogens with zero attached hydrogens (tertiary/aromatic N) is 3. The summed E-state index contributed by atoms with van der Waals surface area (Å²) in [6.45, 7) is 2.21. The number of hydrogen-bond acceptors (Lipinski definition) is 6. The van der Waals surface area contributed by atoms with Gasteiger partial charge < -0.3 is 10.1 Å². The van der Waals surface area contributed by atoms with Gasteiger partial charge >= 0.3 is 5.69 Å². The van der Waals surface area contributed by atoms with Gasteiger partial charge in [0.2, 0.25) is 5.88 Å². The molecule has 0 saturated carbocycles. The quantitative estimate of drug-likeness (QED) is 0.415. The lowest BCUT2D eigenvalue weighted by atomic mass is 9.90. The molecular formula is C21H25IN6O2. The first-order valence-corrected chi connectivity index (χ1v) is 11.1. The van der Waals surface area contributed by atoms with Gasteiger partial charge in [0.15, 0.2) is 0 Å². The van der Waals surface area contributed by atoms with Crippen molar-refractivity contribution in [3.05, 3.63) is 73.6 Å². The van der Waals surface area contributed by atoms with Gasteiger partial charge in [-0.15, -0.1) is 0 Å². The zero-order chi connectivity index (χ0) is 20.9. The van der Waals surface area contributed by atoms with Gasteiger partial charge in [0.05, 0.1) is 19.7 Å². The van der Waals surface area contributed by atoms with Gasteiger partial charge in [-0.25, -0.2) is 14.9 Å². The van der Waals surface area contributed by atoms with Gasteiger partial charge in [-0.3, -0.25) is 9.88 Å². The number of halogens is 1. The molecule has 2 atom stereocenters. The Labute approximate surface area is 188 Å². The zero-order valence-electron chi connectivity index (χ0n) is 16.8. The van der Waals surface area contributed by atoms with Crippen LogP contribution in [0.5, 0.6) is 5.88 Å². The number of ether oxygens (including phenoxy) is 1. The van der Waals surface area contributed by atoms with Crippen LogP contribution < -0.4 is 15.7 Å². The number of hydrogen-bond donors (Lipinski definition) is 3. The highest BCUT2D eigenvalue weighted by atomic mass is 127. The third kappa shape index (κ3) is 4.90. The average Bonchev–Trinajstić information content (AvgIpc) is 3.17. The first-order chi connectivity index (χ1) is 14.6. The Kier molecular flexibility index (Phi) is 6.80. The Bertz CT molecular complexity index is 1020. The number of aromatic nitrogens is 4. The van der Waals surface area contributed by atoms with Crippen LogP contribution in [0, 0.1) is 3.57 Å². The number of nitrogens with one attached hydrogen (secondary N) is 3. The molecule has 1 aliphatic rings. The minimum atomic E-state index is -0.272. The summed E-state index contributed by atoms with van der Waals surface area (Å²) in [7, 11) is 1.65. The van der Waals surface area contributed by atoms with Crippen LogP contribution >= 0.6 is 22.6 Å². The Morgan fingerprint density at radius 3 is 2.90 bits per heavy atom. The Morgan fingerprint density at radius 2 is 2.17 bits per heavy atom. The van der Waals surface area contributed by atoms with E-state index in [1.807, 2.05) is 12.3 Å². The van der Waals surface area contributed by atoms with E-state index >= 15 is 0 Å². The van der Waals surface area contributed by atoms with Crippen LogP contribution in [0.3, 0.4) is 0 Å². The van der Waals surface area contributed by atoms with Crippen LogP contribution in [0.2, 0.25) is 0 Å². The lowest BCUT2D eigenvalue weighted by Gasteiger charge is -2.41. The summed E-state index contributed by atoms with van der Waals surface area (Å²) in [5.74, 6) is 1.31. The number of aromatic amines is 2. The van der Waals surface area contributed by atoms with Crippen molar-refractivity contribution in [1.82, 2.24) is 30.4 Å². The Morgan fingerprint density at radius 1 is 1.33 bits per heavy atom. The molecule has 9 heteroatoms. The highest BCUT2D eigenvalue weighted by molar-refractivity contribution is 14.1. The fourth-order valence-corrected chi connectivity index (χ4v) is 4.66. The third-order valence-corrected chi connectivity index (χ3v) is 6.01. The minimum absolute atomic E-state index is 0.168. The van der Waals surface area contributed by atoms with Crippen molar-refractivity contribution in [3.63, 3.8) is 0 Å². The van der Waals surface area contributed by atoms with E-state index in [2.05, 4.69) is 83.3 Å². The Hall–Kier alpha value is -2.24. The summed E-state index contributed by atoms with van der Waals surface area (Å²) in [6, 6.07) is 13.0. The van der Waals surface area contributed by atoms with E-state index in [-0.39, 0.29) is 17.8 Å². The average molecular weight is 520 g/mol. The van der Waals surface area contributed by atoms with E-state index in [1.54, 1.807) is 7.11 Å². The molecule has 1 aromatic carbocycles. The second-order valence-electron chi connectivity index (χ2n) is 7.40. The molecule has 3 aromatic rings. The highest BCUT2D eigenvalue weighted by Gasteiger charge is 2.33. The summed E-state index contributed by atoms with van der Waals surface area (Å²) >= 11 is 2.27. The Balaban J connectivity index is 1.57. The first-order valence-electron chi connectivity index (χ1n) is 9.98. The molecule has 1 fully saturated rings. The number of pyridine rings is 1. The monoisotopic (exact) mass is 520 g/mol. The molecule has 30 heavy (non-hydrogen) atoms. The van der Waals surface area contributed by atoms with E-state index in [0.717, 1.165) is 28.5 Å². The molecular weight excluding hydrogens is 495 g/mol. The number of methoxy groups -OCH3 is 1. The summed E-state index contributed by atoms with van der Waals surface area (Å²) in [6.07, 6.45) is 3.94. The molecule has 4 rings (SSSR count). The fraction of sp³-hybridized carbons (Fsp3) is 0.381. The molecule has 0 bridgehead atoms. The number of piperidine rings is 1. The molecule has 1 aliphatic heterocycles. The van der Waals surface area contributed by atoms with Gasteiger partial charge in [-0.05, 0) is 53.6 Å². The van der Waals surface area contributed by atoms with Crippen molar-refractivity contribution in [3.8, 4) is 5.88 Å². The molecule has 0 unspecified atom stereocenters. The van der Waals surface area contributed by atoms with Gasteiger partial charge in [-0.2, -0.15) is 5.10 Å². The largest absolute Gasteiger partial charge is 0.481 e. The highest BCUT2D eigenvalue weighted by Crippen LogP contribution is 2.32. The third-order valence-electron chi connectivity index (χ3n) is 5.42. The summed E-state index contributed by atoms with van der Waals surface area (Å²) in [5, 5.41) is 10.3. The van der Waals surface area contributed by atoms with E-state index in [0.29, 0.717) is 24.8 Å². The van der Waals surface area contributed by atoms with E-state index < -0.39 is 0 Å². The number of rotatable bonds is 7. The van der Waals surface area contributed by atoms with Crippen LogP contribution in [0.1, 0.15) is 35.8 Å². The second kappa shape index (κ2) is 9.71. The van der Waals surface area contributed by atoms with Crippen molar-refractivity contribution < 1.29 is 4.74 Å². The van der Waals surface area contributed by atoms with Crippen LogP contribution in [0.25, 0.3) is 0 Å². The molecule has 158 valence electrons. The molecule has 0 aliphatic carbocycles. The van der Waals surface area contributed by atoms with Gasteiger partial charge in [0, 0.05) is 27.9 Å². The summed E-state index contributed by atoms with van der Waals surface area (Å²) in [5.41, 5.74) is 2.02. The second-order valence-corrected chi connectivity index (χ2v) is 8.65. The molecule has 2 aromatic heterocycles. The first kappa shape index (κ1) is 21.0. The summed E-state index contributed by atoms with van der Waals surface area (Å²) in [4.78, 5) is 21.0. The van der Waals surface area contributed by atoms with Crippen LogP contribution in [0.15, 0.2) is 47.4 Å². The van der Waals surface area contributed by atoms with Crippen molar-refractivity contribution in [2.24, 2.45) is 0 Å². The normalized spacial score (nSPS) is 19.7. The van der Waals surface area contributed by atoms with Crippen molar-refractivity contribution in [1.29, 1.82) is 0 Å². The van der Waals surface area contributed by atoms with Gasteiger partial charge in [-0.1, -0.05) is 30.3 Å². The predicted octanol–water partition coefficient (Wildman–Crippen LogP) is 2.60. The maximum Gasteiger partial charge on any atom is 0.340 e. The summed E-state index contributed by atoms with van der Waals surface area (Å²) < 4.78 is 6.52. The SMILES string of the molecule is COc1ncc(I)cc1CN[C@H]1CCCN(Cc2n[nH]c(=O)[nH]2)[C@H]1c1ccccc1. The maximum atomic E-state index is 11.5. The van der Waals surface area contributed by atoms with E-state index in [9.17, 15) is 4.79 Å². The topological polar surface area (TPSA) is 98.9 Å². The number of likely N-dealkylation sites (tertiary alicyclic amines) is 1. The molecule has 0 radical (unpaired) electrons. The van der Waals surface area contributed by atoms with Crippen LogP contribution in [0.4, 0.5) is 0 Å². The molecule has 3 heterocycles. The predicted molar refractivity (Wildman–Crippen MR) is 122 cm³/mol. The van der Waals surface area contributed by atoms with Crippen LogP contribution in [-0.2, 0) is 13.1 Å². The molecule has 8 nitrogen and oxygen atoms in total. The molecule has 1 saturated heterocycles. The molecule has 0 spiro atoms. The number of H-pyrrole nitrogens is 2. The van der Waals surface area contributed by atoms with Crippen molar-refractivity contribution in [2.75, 3.05) is 13.7 Å². The smallest absolute Gasteiger partial charge is 0.340 e. The number of benzene rings is 1. The van der Waals surface area contributed by atoms with E-state index in [4.69, 9.17) is 4.74 Å². The van der Waals surface area contributed by atoms with Crippen molar-refractivity contribution >= 4 is 22.6 Å². The fourth-order valence-electron chi connectivity index (χ4n) is 4.14. The van der Waals surface area contributed by atoms with Gasteiger partial charge in [0.1, 0.15) is 5.82 Å². The standard InChI is InChI=1S/C21H25IN6O2/c1-30-20-15(10-16(22)12-24-20)11-23-17-8-5-9-28(13-18-25-21(29)27-26-18)19(17)14-6-3-2-4-7-14/h2-4,6-7,10,12,17,19,23H,5,8-9,11,13H2,1H3,(H2,25,26,27,29)/t17-,19-/m0/s1. The van der Waals surface area contributed by atoms with Crippen LogP contribution in [-0.4, -0.2) is 44.8 Å². The molecule has 3 N–H and O–H groups in total. The van der Waals surface area contributed by atoms with Crippen molar-refractivity contribution in [2.45, 2.75) is 38.0 Å². The lowest BCUT2D eigenvalue weighted by Crippen LogP contribution is -2.47. The zero-order valence-corrected chi connectivity index (χ0v) is 18.9. The van der Waals surface area contributed by atoms with E-state index in [1.165, 1.54) is 5.56 Å². The minimum Gasteiger partial charge on any atom is -0.481 e. The lowest BCUT2D eigenvalue weighted by molar-refractivity contribution is 0.100. The van der Waals surface area contributed by atoms with Gasteiger partial charge in [0.25, 0.3) is 0 Å².